The molecule has 0 aromatic heterocycles. The maximum absolute atomic E-state index is 13.0. The van der Waals surface area contributed by atoms with Crippen LogP contribution in [0.5, 0.6) is 0 Å². The van der Waals surface area contributed by atoms with Crippen LogP contribution in [0, 0.1) is 5.92 Å². The van der Waals surface area contributed by atoms with Crippen LogP contribution in [0.1, 0.15) is 362 Å². The van der Waals surface area contributed by atoms with Crippen molar-refractivity contribution in [3.63, 3.8) is 0 Å². The van der Waals surface area contributed by atoms with Gasteiger partial charge in [-0.05, 0) is 31.6 Å². The number of esters is 4. The molecule has 0 saturated carbocycles. The molecule has 0 amide bonds. The lowest BCUT2D eigenvalue weighted by atomic mass is 9.99. The third-order valence-corrected chi connectivity index (χ3v) is 18.5. The van der Waals surface area contributed by atoms with Gasteiger partial charge >= 0.3 is 39.5 Å². The lowest BCUT2D eigenvalue weighted by Gasteiger charge is -2.21. The van der Waals surface area contributed by atoms with E-state index in [9.17, 15) is 43.2 Å². The zero-order valence-corrected chi connectivity index (χ0v) is 59.4. The lowest BCUT2D eigenvalue weighted by molar-refractivity contribution is -0.161. The molecule has 0 aliphatic heterocycles. The van der Waals surface area contributed by atoms with E-state index in [1.807, 2.05) is 0 Å². The molecular formula is C70H136O17P2. The summed E-state index contributed by atoms with van der Waals surface area (Å²) in [6.07, 6.45) is 50.0. The molecule has 0 bridgehead atoms. The van der Waals surface area contributed by atoms with Gasteiger partial charge in [0.15, 0.2) is 12.2 Å². The summed E-state index contributed by atoms with van der Waals surface area (Å²) in [4.78, 5) is 72.4. The Morgan fingerprint density at radius 1 is 0.315 bits per heavy atom. The Morgan fingerprint density at radius 3 is 0.798 bits per heavy atom. The van der Waals surface area contributed by atoms with Crippen molar-refractivity contribution in [3.05, 3.63) is 0 Å². The first kappa shape index (κ1) is 87.1. The van der Waals surface area contributed by atoms with Crippen molar-refractivity contribution in [1.29, 1.82) is 0 Å². The van der Waals surface area contributed by atoms with E-state index in [0.717, 1.165) is 102 Å². The smallest absolute Gasteiger partial charge is 0.462 e. The summed E-state index contributed by atoms with van der Waals surface area (Å²) in [5.41, 5.74) is 0. The molecule has 0 saturated heterocycles. The molecule has 0 fully saturated rings. The third kappa shape index (κ3) is 63.2. The second kappa shape index (κ2) is 63.5. The van der Waals surface area contributed by atoms with E-state index >= 15 is 0 Å². The standard InChI is InChI=1S/C70H136O17P2/c1-6-10-13-16-19-22-23-24-25-26-27-28-29-30-36-41-46-51-56-70(75)87-66(60-81-68(73)54-49-44-39-35-32-31-34-37-42-47-52-63(5)9-4)62-85-89(78,79)83-58-64(71)57-82-88(76,77)84-61-65(59-80-67(72)53-48-43-38-21-18-15-12-8-3)86-69(74)55-50-45-40-33-20-17-14-11-7-2/h63-66,71H,6-62H2,1-5H3,(H,76,77)(H,78,79)/t63?,64-,65+,66+/m0/s1. The minimum atomic E-state index is -4.95. The molecule has 0 aliphatic rings. The van der Waals surface area contributed by atoms with Crippen LogP contribution in [0.15, 0.2) is 0 Å². The molecule has 3 unspecified atom stereocenters. The van der Waals surface area contributed by atoms with Crippen LogP contribution in [0.25, 0.3) is 0 Å². The fraction of sp³-hybridized carbons (Fsp3) is 0.943. The van der Waals surface area contributed by atoms with Gasteiger partial charge in [-0.1, -0.05) is 311 Å². The molecule has 0 aromatic rings. The Morgan fingerprint density at radius 2 is 0.539 bits per heavy atom. The zero-order valence-electron chi connectivity index (χ0n) is 57.6. The van der Waals surface area contributed by atoms with Crippen molar-refractivity contribution in [2.45, 2.75) is 380 Å². The second-order valence-electron chi connectivity index (χ2n) is 25.5. The molecule has 6 atom stereocenters. The van der Waals surface area contributed by atoms with Gasteiger partial charge in [0.05, 0.1) is 26.4 Å². The number of ether oxygens (including phenoxy) is 4. The highest BCUT2D eigenvalue weighted by molar-refractivity contribution is 7.47. The van der Waals surface area contributed by atoms with E-state index < -0.39 is 97.5 Å². The fourth-order valence-corrected chi connectivity index (χ4v) is 12.2. The number of hydrogen-bond donors (Lipinski definition) is 3. The molecule has 3 N–H and O–H groups in total. The van der Waals surface area contributed by atoms with Crippen molar-refractivity contribution in [3.8, 4) is 0 Å². The lowest BCUT2D eigenvalue weighted by Crippen LogP contribution is -2.30. The number of hydrogen-bond acceptors (Lipinski definition) is 15. The number of carbonyl (C=O) groups excluding carboxylic acids is 4. The van der Waals surface area contributed by atoms with E-state index in [-0.39, 0.29) is 25.7 Å². The predicted molar refractivity (Wildman–Crippen MR) is 358 cm³/mol. The van der Waals surface area contributed by atoms with Crippen LogP contribution < -0.4 is 0 Å². The highest BCUT2D eigenvalue weighted by Crippen LogP contribution is 2.45. The number of phosphoric acid groups is 2. The normalized spacial score (nSPS) is 14.4. The predicted octanol–water partition coefficient (Wildman–Crippen LogP) is 20.1. The van der Waals surface area contributed by atoms with E-state index in [4.69, 9.17) is 37.0 Å². The van der Waals surface area contributed by atoms with Gasteiger partial charge in [0.25, 0.3) is 0 Å². The van der Waals surface area contributed by atoms with Gasteiger partial charge in [-0.3, -0.25) is 37.3 Å². The number of unbranched alkanes of at least 4 members (excludes halogenated alkanes) is 41. The van der Waals surface area contributed by atoms with Crippen molar-refractivity contribution in [1.82, 2.24) is 0 Å². The van der Waals surface area contributed by atoms with Crippen LogP contribution >= 0.6 is 15.6 Å². The summed E-state index contributed by atoms with van der Waals surface area (Å²) in [5.74, 6) is -1.32. The molecule has 0 aromatic carbocycles. The monoisotopic (exact) mass is 1310 g/mol. The van der Waals surface area contributed by atoms with Gasteiger partial charge in [-0.25, -0.2) is 9.13 Å². The van der Waals surface area contributed by atoms with Gasteiger partial charge < -0.3 is 33.8 Å². The Balaban J connectivity index is 5.19. The molecule has 19 heteroatoms. The average Bonchev–Trinajstić information content (AvgIpc) is 3.72. The third-order valence-electron chi connectivity index (χ3n) is 16.6. The van der Waals surface area contributed by atoms with Crippen molar-refractivity contribution in [2.24, 2.45) is 5.92 Å². The van der Waals surface area contributed by atoms with E-state index in [1.165, 1.54) is 180 Å². The topological polar surface area (TPSA) is 237 Å². The first-order chi connectivity index (χ1) is 43.1. The first-order valence-corrected chi connectivity index (χ1v) is 39.7. The largest absolute Gasteiger partial charge is 0.472 e. The summed E-state index contributed by atoms with van der Waals surface area (Å²) in [7, 11) is -9.89. The fourth-order valence-electron chi connectivity index (χ4n) is 10.6. The summed E-state index contributed by atoms with van der Waals surface area (Å²) < 4.78 is 68.2. The minimum absolute atomic E-state index is 0.106. The van der Waals surface area contributed by atoms with E-state index in [0.29, 0.717) is 25.7 Å². The number of phosphoric ester groups is 2. The summed E-state index contributed by atoms with van der Waals surface area (Å²) in [5, 5.41) is 10.6. The Bertz CT molecular complexity index is 1720. The van der Waals surface area contributed by atoms with Crippen molar-refractivity contribution >= 4 is 39.5 Å². The molecule has 17 nitrogen and oxygen atoms in total. The molecular weight excluding hydrogens is 1170 g/mol. The molecule has 0 radical (unpaired) electrons. The SMILES string of the molecule is CCCCCCCCCCCCCCCCCCCCC(=O)O[C@H](COC(=O)CCCCCCCCCCCCC(C)CC)COP(=O)(O)OC[C@@H](O)COP(=O)(O)OC[C@@H](COC(=O)CCCCCCCCCC)OC(=O)CCCCCCCCCCC. The van der Waals surface area contributed by atoms with Crippen molar-refractivity contribution in [2.75, 3.05) is 39.6 Å². The summed E-state index contributed by atoms with van der Waals surface area (Å²) in [6.45, 7) is 7.23. The van der Waals surface area contributed by atoms with E-state index in [2.05, 4.69) is 34.6 Å². The van der Waals surface area contributed by atoms with Crippen LogP contribution in [0.3, 0.4) is 0 Å². The van der Waals surface area contributed by atoms with Crippen molar-refractivity contribution < 1.29 is 80.2 Å². The average molecular weight is 1310 g/mol. The highest BCUT2D eigenvalue weighted by atomic mass is 31.2. The quantitative estimate of drug-likeness (QED) is 0.0222. The van der Waals surface area contributed by atoms with Crippen LogP contribution in [-0.2, 0) is 65.4 Å². The molecule has 0 heterocycles. The maximum Gasteiger partial charge on any atom is 0.472 e. The van der Waals surface area contributed by atoms with E-state index in [1.54, 1.807) is 0 Å². The molecule has 89 heavy (non-hydrogen) atoms. The number of rotatable bonds is 70. The number of carbonyl (C=O) groups is 4. The van der Waals surface area contributed by atoms with Gasteiger partial charge in [0.1, 0.15) is 19.3 Å². The van der Waals surface area contributed by atoms with Gasteiger partial charge in [0.2, 0.25) is 0 Å². The minimum Gasteiger partial charge on any atom is -0.462 e. The first-order valence-electron chi connectivity index (χ1n) is 36.7. The van der Waals surface area contributed by atoms with Gasteiger partial charge in [-0.15, -0.1) is 0 Å². The Labute approximate surface area is 543 Å². The number of aliphatic hydroxyl groups is 1. The molecule has 0 rings (SSSR count). The number of aliphatic hydroxyl groups excluding tert-OH is 1. The Hall–Kier alpha value is -1.94. The molecule has 528 valence electrons. The van der Waals surface area contributed by atoms with Gasteiger partial charge in [0, 0.05) is 25.7 Å². The van der Waals surface area contributed by atoms with Gasteiger partial charge in [-0.2, -0.15) is 0 Å². The maximum atomic E-state index is 13.0. The van der Waals surface area contributed by atoms with Crippen LogP contribution in [0.2, 0.25) is 0 Å². The van der Waals surface area contributed by atoms with Crippen LogP contribution in [-0.4, -0.2) is 96.7 Å². The zero-order chi connectivity index (χ0) is 65.6. The van der Waals surface area contributed by atoms with Crippen LogP contribution in [0.4, 0.5) is 0 Å². The highest BCUT2D eigenvalue weighted by Gasteiger charge is 2.30. The summed E-state index contributed by atoms with van der Waals surface area (Å²) in [6, 6.07) is 0. The molecule has 0 aliphatic carbocycles. The summed E-state index contributed by atoms with van der Waals surface area (Å²) >= 11 is 0. The second-order valence-corrected chi connectivity index (χ2v) is 28.4. The Kier molecular flexibility index (Phi) is 62.1. The molecule has 0 spiro atoms.